The van der Waals surface area contributed by atoms with Crippen molar-refractivity contribution >= 4 is 13.3 Å². The van der Waals surface area contributed by atoms with E-state index in [1.54, 1.807) is 0 Å². The first kappa shape index (κ1) is 5.90. The molecule has 1 nitrogen and oxygen atoms in total. The lowest BCUT2D eigenvalue weighted by Crippen LogP contribution is -1.98. The molecule has 0 aromatic heterocycles. The molecule has 0 aliphatic carbocycles. The van der Waals surface area contributed by atoms with E-state index in [-0.39, 0.29) is 0 Å². The first-order valence-corrected chi connectivity index (χ1v) is 2.79. The second-order valence-electron chi connectivity index (χ2n) is 1.98. The third-order valence-electron chi connectivity index (χ3n) is 1.18. The molecule has 0 aliphatic rings. The highest BCUT2D eigenvalue weighted by atomic mass is 14.2. The molecule has 0 amide bonds. The lowest BCUT2D eigenvalue weighted by atomic mass is 9.96. The topological polar surface area (TPSA) is 23.8 Å². The van der Waals surface area contributed by atoms with Crippen LogP contribution in [0.1, 0.15) is 5.56 Å². The Morgan fingerprint density at radius 1 is 1.22 bits per heavy atom. The van der Waals surface area contributed by atoms with E-state index in [2.05, 4.69) is 6.07 Å². The molecule has 9 heavy (non-hydrogen) atoms. The van der Waals surface area contributed by atoms with Crippen LogP contribution in [0.5, 0.6) is 0 Å². The first-order chi connectivity index (χ1) is 4.33. The van der Waals surface area contributed by atoms with E-state index >= 15 is 0 Å². The van der Waals surface area contributed by atoms with Crippen LogP contribution in [0.2, 0.25) is 0 Å². The van der Waals surface area contributed by atoms with Crippen molar-refractivity contribution in [1.29, 1.82) is 5.26 Å². The van der Waals surface area contributed by atoms with Gasteiger partial charge in [-0.1, -0.05) is 17.6 Å². The van der Waals surface area contributed by atoms with Gasteiger partial charge in [-0.25, -0.2) is 0 Å². The number of nitrogens with zero attached hydrogens (tertiary/aromatic N) is 1. The van der Waals surface area contributed by atoms with E-state index in [1.807, 2.05) is 32.1 Å². The maximum Gasteiger partial charge on any atom is 0.139 e. The lowest BCUT2D eigenvalue weighted by Gasteiger charge is -1.88. The zero-order valence-corrected chi connectivity index (χ0v) is 5.26. The van der Waals surface area contributed by atoms with Crippen LogP contribution >= 0.6 is 0 Å². The fraction of sp³-hybridized carbons (Fsp3) is 0. The summed E-state index contributed by atoms with van der Waals surface area (Å²) in [5.41, 5.74) is 1.91. The van der Waals surface area contributed by atoms with Crippen LogP contribution in [0.4, 0.5) is 0 Å². The molecule has 1 aromatic rings. The maximum atomic E-state index is 8.38. The Labute approximate surface area is 55.3 Å². The molecule has 0 N–H and O–H groups in total. The zero-order valence-electron chi connectivity index (χ0n) is 5.26. The molecule has 0 saturated heterocycles. The third kappa shape index (κ3) is 1.33. The van der Waals surface area contributed by atoms with Crippen molar-refractivity contribution in [1.82, 2.24) is 0 Å². The van der Waals surface area contributed by atoms with Crippen LogP contribution in [0.3, 0.4) is 0 Å². The first-order valence-electron chi connectivity index (χ1n) is 2.79. The molecule has 0 aliphatic heterocycles. The predicted octanol–water partition coefficient (Wildman–Crippen LogP) is -0.183. The molecule has 0 fully saturated rings. The monoisotopic (exact) mass is 115 g/mol. The minimum absolute atomic E-state index is 0.723. The van der Waals surface area contributed by atoms with Gasteiger partial charge in [-0.05, 0) is 12.1 Å². The van der Waals surface area contributed by atoms with Gasteiger partial charge < -0.3 is 0 Å². The fourth-order valence-corrected chi connectivity index (χ4v) is 0.628. The summed E-state index contributed by atoms with van der Waals surface area (Å²) in [6, 6.07) is 9.54. The fourth-order valence-electron chi connectivity index (χ4n) is 0.628. The molecule has 0 saturated carbocycles. The highest BCUT2D eigenvalue weighted by molar-refractivity contribution is 6.32. The molecule has 0 radical (unpaired) electrons. The standard InChI is InChI=1S/C7H6BN/c8-7-3-1-6(5-9)2-4-7/h1-4H,8H2. The van der Waals surface area contributed by atoms with E-state index < -0.39 is 0 Å². The van der Waals surface area contributed by atoms with Gasteiger partial charge in [-0.2, -0.15) is 5.26 Å². The molecule has 0 spiro atoms. The predicted molar refractivity (Wildman–Crippen MR) is 39.3 cm³/mol. The quantitative estimate of drug-likeness (QED) is 0.430. The van der Waals surface area contributed by atoms with Crippen molar-refractivity contribution in [2.24, 2.45) is 0 Å². The van der Waals surface area contributed by atoms with Crippen molar-refractivity contribution in [3.05, 3.63) is 29.8 Å². The van der Waals surface area contributed by atoms with Crippen molar-refractivity contribution in [3.63, 3.8) is 0 Å². The van der Waals surface area contributed by atoms with Gasteiger partial charge in [0, 0.05) is 0 Å². The van der Waals surface area contributed by atoms with Crippen LogP contribution in [0, 0.1) is 11.3 Å². The Morgan fingerprint density at radius 2 is 1.78 bits per heavy atom. The Kier molecular flexibility index (Phi) is 1.55. The summed E-state index contributed by atoms with van der Waals surface area (Å²) in [7, 11) is 2.00. The van der Waals surface area contributed by atoms with Crippen LogP contribution in [0.25, 0.3) is 0 Å². The molecule has 1 aromatic carbocycles. The van der Waals surface area contributed by atoms with Gasteiger partial charge in [0.25, 0.3) is 0 Å². The van der Waals surface area contributed by atoms with E-state index in [0.29, 0.717) is 0 Å². The minimum atomic E-state index is 0.723. The molecule has 0 unspecified atom stereocenters. The summed E-state index contributed by atoms with van der Waals surface area (Å²) in [6.07, 6.45) is 0. The van der Waals surface area contributed by atoms with E-state index in [1.165, 1.54) is 5.46 Å². The van der Waals surface area contributed by atoms with Crippen LogP contribution < -0.4 is 5.46 Å². The van der Waals surface area contributed by atoms with E-state index in [0.717, 1.165) is 5.56 Å². The van der Waals surface area contributed by atoms with Crippen LogP contribution in [-0.4, -0.2) is 7.85 Å². The second-order valence-corrected chi connectivity index (χ2v) is 1.98. The summed E-state index contributed by atoms with van der Waals surface area (Å²) in [5, 5.41) is 8.38. The van der Waals surface area contributed by atoms with Gasteiger partial charge in [0.2, 0.25) is 0 Å². The molecule has 1 rings (SSSR count). The highest BCUT2D eigenvalue weighted by Crippen LogP contribution is 1.91. The SMILES string of the molecule is Bc1ccc(C#N)cc1. The van der Waals surface area contributed by atoms with Gasteiger partial charge in [-0.3, -0.25) is 0 Å². The largest absolute Gasteiger partial charge is 0.192 e. The van der Waals surface area contributed by atoms with Gasteiger partial charge in [0.05, 0.1) is 11.6 Å². The Bertz CT molecular complexity index is 232. The number of hydrogen-bond acceptors (Lipinski definition) is 1. The van der Waals surface area contributed by atoms with Gasteiger partial charge in [-0.15, -0.1) is 0 Å². The summed E-state index contributed by atoms with van der Waals surface area (Å²) >= 11 is 0. The Balaban J connectivity index is 3.06. The van der Waals surface area contributed by atoms with Gasteiger partial charge in [0.15, 0.2) is 0 Å². The second kappa shape index (κ2) is 2.36. The van der Waals surface area contributed by atoms with Crippen LogP contribution in [0.15, 0.2) is 24.3 Å². The number of nitriles is 1. The number of hydrogen-bond donors (Lipinski definition) is 0. The summed E-state index contributed by atoms with van der Waals surface area (Å²) in [4.78, 5) is 0. The Hall–Kier alpha value is -1.23. The Morgan fingerprint density at radius 3 is 2.22 bits per heavy atom. The third-order valence-corrected chi connectivity index (χ3v) is 1.18. The van der Waals surface area contributed by atoms with Crippen LogP contribution in [-0.2, 0) is 0 Å². The molecule has 0 atom stereocenters. The van der Waals surface area contributed by atoms with E-state index in [9.17, 15) is 0 Å². The number of benzene rings is 1. The lowest BCUT2D eigenvalue weighted by molar-refractivity contribution is 1.49. The normalized spacial score (nSPS) is 8.33. The maximum absolute atomic E-state index is 8.38. The minimum Gasteiger partial charge on any atom is -0.192 e. The number of rotatable bonds is 0. The van der Waals surface area contributed by atoms with Gasteiger partial charge in [0.1, 0.15) is 7.85 Å². The van der Waals surface area contributed by atoms with Gasteiger partial charge >= 0.3 is 0 Å². The zero-order chi connectivity index (χ0) is 6.69. The van der Waals surface area contributed by atoms with Crippen molar-refractivity contribution in [3.8, 4) is 6.07 Å². The summed E-state index contributed by atoms with van der Waals surface area (Å²) in [5.74, 6) is 0. The molecular weight excluding hydrogens is 109 g/mol. The average Bonchev–Trinajstić information content (AvgIpc) is 1.90. The summed E-state index contributed by atoms with van der Waals surface area (Å²) < 4.78 is 0. The smallest absolute Gasteiger partial charge is 0.139 e. The van der Waals surface area contributed by atoms with Crippen molar-refractivity contribution in [2.75, 3.05) is 0 Å². The average molecular weight is 115 g/mol. The molecule has 0 bridgehead atoms. The highest BCUT2D eigenvalue weighted by Gasteiger charge is 1.85. The molecular formula is C7H6BN. The summed E-state index contributed by atoms with van der Waals surface area (Å²) in [6.45, 7) is 0. The van der Waals surface area contributed by atoms with Crippen molar-refractivity contribution < 1.29 is 0 Å². The molecule has 2 heteroatoms. The van der Waals surface area contributed by atoms with E-state index in [4.69, 9.17) is 5.26 Å². The molecule has 0 heterocycles. The van der Waals surface area contributed by atoms with Crippen molar-refractivity contribution in [2.45, 2.75) is 0 Å². The molecule has 42 valence electrons.